The van der Waals surface area contributed by atoms with Gasteiger partial charge in [0.2, 0.25) is 0 Å². The molecule has 2 aliphatic heterocycles. The van der Waals surface area contributed by atoms with Gasteiger partial charge in [-0.3, -0.25) is 0 Å². The van der Waals surface area contributed by atoms with E-state index >= 15 is 0 Å². The molecule has 3 rings (SSSR count). The van der Waals surface area contributed by atoms with Gasteiger partial charge in [-0.25, -0.2) is 9.18 Å². The van der Waals surface area contributed by atoms with Crippen LogP contribution in [0.2, 0.25) is 0 Å². The predicted molar refractivity (Wildman–Crippen MR) is 94.8 cm³/mol. The third kappa shape index (κ3) is 5.68. The second-order valence-corrected chi connectivity index (χ2v) is 7.01. The average molecular weight is 349 g/mol. The highest BCUT2D eigenvalue weighted by Crippen LogP contribution is 2.22. The number of nitrogens with one attached hydrogen (secondary N) is 2. The molecule has 6 heteroatoms. The molecule has 0 saturated carbocycles. The number of rotatable bonds is 5. The molecule has 0 spiro atoms. The molecule has 2 fully saturated rings. The van der Waals surface area contributed by atoms with Crippen molar-refractivity contribution in [2.24, 2.45) is 5.92 Å². The van der Waals surface area contributed by atoms with Crippen molar-refractivity contribution < 1.29 is 13.9 Å². The van der Waals surface area contributed by atoms with Gasteiger partial charge in [0, 0.05) is 32.3 Å². The van der Waals surface area contributed by atoms with E-state index in [1.807, 2.05) is 0 Å². The zero-order chi connectivity index (χ0) is 17.5. The first-order valence-electron chi connectivity index (χ1n) is 9.28. The van der Waals surface area contributed by atoms with Crippen molar-refractivity contribution in [3.63, 3.8) is 0 Å². The van der Waals surface area contributed by atoms with E-state index in [0.717, 1.165) is 64.1 Å². The van der Waals surface area contributed by atoms with Crippen LogP contribution in [0, 0.1) is 11.7 Å². The molecule has 2 heterocycles. The first kappa shape index (κ1) is 18.1. The molecule has 2 amide bonds. The molecular weight excluding hydrogens is 321 g/mol. The minimum Gasteiger partial charge on any atom is -0.381 e. The van der Waals surface area contributed by atoms with Crippen molar-refractivity contribution in [3.8, 4) is 0 Å². The Morgan fingerprint density at radius 1 is 1.08 bits per heavy atom. The lowest BCUT2D eigenvalue weighted by molar-refractivity contribution is 0.0213. The summed E-state index contributed by atoms with van der Waals surface area (Å²) < 4.78 is 18.3. The van der Waals surface area contributed by atoms with E-state index in [4.69, 9.17) is 4.74 Å². The zero-order valence-electron chi connectivity index (χ0n) is 14.7. The van der Waals surface area contributed by atoms with E-state index in [9.17, 15) is 9.18 Å². The maximum atomic E-state index is 12.8. The number of carbonyl (C=O) groups is 1. The lowest BCUT2D eigenvalue weighted by atomic mass is 9.94. The number of nitrogens with zero attached hydrogens (tertiary/aromatic N) is 1. The smallest absolute Gasteiger partial charge is 0.315 e. The standard InChI is InChI=1S/C19H28FN3O2/c20-17-3-1-15(2-4-17)13-21-19(24)22-14-16-5-9-23(10-6-16)18-7-11-25-12-8-18/h1-4,16,18H,5-14H2,(H2,21,22,24). The average Bonchev–Trinajstić information content (AvgIpc) is 2.67. The summed E-state index contributed by atoms with van der Waals surface area (Å²) in [4.78, 5) is 14.5. The summed E-state index contributed by atoms with van der Waals surface area (Å²) in [6.45, 7) is 5.15. The van der Waals surface area contributed by atoms with Crippen molar-refractivity contribution in [2.75, 3.05) is 32.8 Å². The SMILES string of the molecule is O=C(NCc1ccc(F)cc1)NCC1CCN(C2CCOCC2)CC1. The minimum atomic E-state index is -0.264. The van der Waals surface area contributed by atoms with E-state index in [1.54, 1.807) is 12.1 Å². The molecule has 1 aromatic carbocycles. The molecule has 2 aliphatic rings. The van der Waals surface area contributed by atoms with Crippen molar-refractivity contribution in [2.45, 2.75) is 38.3 Å². The Labute approximate surface area is 148 Å². The number of urea groups is 1. The molecule has 0 bridgehead atoms. The molecule has 2 saturated heterocycles. The van der Waals surface area contributed by atoms with Crippen molar-refractivity contribution in [1.82, 2.24) is 15.5 Å². The first-order valence-corrected chi connectivity index (χ1v) is 9.28. The topological polar surface area (TPSA) is 53.6 Å². The summed E-state index contributed by atoms with van der Waals surface area (Å²) >= 11 is 0. The summed E-state index contributed by atoms with van der Waals surface area (Å²) in [5, 5.41) is 5.79. The van der Waals surface area contributed by atoms with E-state index < -0.39 is 0 Å². The molecular formula is C19H28FN3O2. The molecule has 0 atom stereocenters. The van der Waals surface area contributed by atoms with Gasteiger partial charge in [-0.1, -0.05) is 12.1 Å². The number of halogens is 1. The van der Waals surface area contributed by atoms with Gasteiger partial charge in [0.15, 0.2) is 0 Å². The fourth-order valence-electron chi connectivity index (χ4n) is 3.66. The van der Waals surface area contributed by atoms with Crippen LogP contribution in [-0.2, 0) is 11.3 Å². The number of hydrogen-bond donors (Lipinski definition) is 2. The van der Waals surface area contributed by atoms with Crippen LogP contribution in [0.25, 0.3) is 0 Å². The second kappa shape index (κ2) is 9.15. The minimum absolute atomic E-state index is 0.156. The van der Waals surface area contributed by atoms with Gasteiger partial charge >= 0.3 is 6.03 Å². The van der Waals surface area contributed by atoms with E-state index in [-0.39, 0.29) is 11.8 Å². The highest BCUT2D eigenvalue weighted by Gasteiger charge is 2.26. The number of ether oxygens (including phenoxy) is 1. The molecule has 1 aromatic rings. The highest BCUT2D eigenvalue weighted by molar-refractivity contribution is 5.73. The molecule has 0 aromatic heterocycles. The summed E-state index contributed by atoms with van der Waals surface area (Å²) in [7, 11) is 0. The molecule has 5 nitrogen and oxygen atoms in total. The van der Waals surface area contributed by atoms with Gasteiger partial charge in [0.1, 0.15) is 5.82 Å². The molecule has 2 N–H and O–H groups in total. The number of hydrogen-bond acceptors (Lipinski definition) is 3. The number of benzene rings is 1. The van der Waals surface area contributed by atoms with Crippen LogP contribution in [0.5, 0.6) is 0 Å². The Hall–Kier alpha value is -1.66. The third-order valence-electron chi connectivity index (χ3n) is 5.27. The monoisotopic (exact) mass is 349 g/mol. The third-order valence-corrected chi connectivity index (χ3v) is 5.27. The van der Waals surface area contributed by atoms with Crippen molar-refractivity contribution in [3.05, 3.63) is 35.6 Å². The fraction of sp³-hybridized carbons (Fsp3) is 0.632. The molecule has 25 heavy (non-hydrogen) atoms. The Morgan fingerprint density at radius 3 is 2.44 bits per heavy atom. The zero-order valence-corrected chi connectivity index (χ0v) is 14.7. The summed E-state index contributed by atoms with van der Waals surface area (Å²) in [5.41, 5.74) is 0.890. The van der Waals surface area contributed by atoms with E-state index in [1.165, 1.54) is 12.1 Å². The maximum absolute atomic E-state index is 12.8. The van der Waals surface area contributed by atoms with Crippen LogP contribution in [0.3, 0.4) is 0 Å². The number of amides is 2. The highest BCUT2D eigenvalue weighted by atomic mass is 19.1. The van der Waals surface area contributed by atoms with Crippen LogP contribution in [0.1, 0.15) is 31.2 Å². The Balaban J connectivity index is 1.31. The second-order valence-electron chi connectivity index (χ2n) is 7.01. The lowest BCUT2D eigenvalue weighted by Gasteiger charge is -2.39. The van der Waals surface area contributed by atoms with Crippen LogP contribution in [0.15, 0.2) is 24.3 Å². The maximum Gasteiger partial charge on any atom is 0.315 e. The number of likely N-dealkylation sites (tertiary alicyclic amines) is 1. The normalized spacial score (nSPS) is 20.4. The van der Waals surface area contributed by atoms with E-state index in [0.29, 0.717) is 18.5 Å². The molecule has 0 radical (unpaired) electrons. The fourth-order valence-corrected chi connectivity index (χ4v) is 3.66. The molecule has 0 aliphatic carbocycles. The quantitative estimate of drug-likeness (QED) is 0.859. The predicted octanol–water partition coefficient (Wildman–Crippen LogP) is 2.52. The summed E-state index contributed by atoms with van der Waals surface area (Å²) in [6, 6.07) is 6.70. The van der Waals surface area contributed by atoms with Gasteiger partial charge in [0.05, 0.1) is 0 Å². The van der Waals surface area contributed by atoms with E-state index in [2.05, 4.69) is 15.5 Å². The van der Waals surface area contributed by atoms with Crippen LogP contribution < -0.4 is 10.6 Å². The summed E-state index contributed by atoms with van der Waals surface area (Å²) in [5.74, 6) is 0.285. The van der Waals surface area contributed by atoms with Crippen molar-refractivity contribution in [1.29, 1.82) is 0 Å². The van der Waals surface area contributed by atoms with Crippen molar-refractivity contribution >= 4 is 6.03 Å². The largest absolute Gasteiger partial charge is 0.381 e. The molecule has 0 unspecified atom stereocenters. The van der Waals surface area contributed by atoms with Crippen LogP contribution >= 0.6 is 0 Å². The Bertz CT molecular complexity index is 538. The lowest BCUT2D eigenvalue weighted by Crippen LogP contribution is -2.46. The van der Waals surface area contributed by atoms with Crippen LogP contribution in [-0.4, -0.2) is 49.8 Å². The van der Waals surface area contributed by atoms with Gasteiger partial charge < -0.3 is 20.3 Å². The molecule has 138 valence electrons. The summed E-state index contributed by atoms with van der Waals surface area (Å²) in [6.07, 6.45) is 4.56. The van der Waals surface area contributed by atoms with Crippen LogP contribution in [0.4, 0.5) is 9.18 Å². The Morgan fingerprint density at radius 2 is 1.76 bits per heavy atom. The number of piperidine rings is 1. The van der Waals surface area contributed by atoms with Gasteiger partial charge in [-0.15, -0.1) is 0 Å². The Kier molecular flexibility index (Phi) is 6.64. The first-order chi connectivity index (χ1) is 12.2. The van der Waals surface area contributed by atoms with Gasteiger partial charge in [-0.05, 0) is 62.4 Å². The number of carbonyl (C=O) groups excluding carboxylic acids is 1. The van der Waals surface area contributed by atoms with Gasteiger partial charge in [-0.2, -0.15) is 0 Å². The van der Waals surface area contributed by atoms with Gasteiger partial charge in [0.25, 0.3) is 0 Å².